The van der Waals surface area contributed by atoms with Gasteiger partial charge in [-0.25, -0.2) is 15.0 Å². The zero-order valence-corrected chi connectivity index (χ0v) is 12.0. The van der Waals surface area contributed by atoms with Crippen LogP contribution in [0.3, 0.4) is 0 Å². The van der Waals surface area contributed by atoms with E-state index in [-0.39, 0.29) is 6.10 Å². The molecular weight excluding hydrogens is 280 g/mol. The van der Waals surface area contributed by atoms with Gasteiger partial charge in [0.25, 0.3) is 0 Å². The molecule has 3 rings (SSSR count). The first kappa shape index (κ1) is 14.2. The van der Waals surface area contributed by atoms with Gasteiger partial charge in [-0.3, -0.25) is 0 Å². The first-order valence-electron chi connectivity index (χ1n) is 7.16. The molecule has 0 amide bonds. The van der Waals surface area contributed by atoms with E-state index < -0.39 is 0 Å². The molecule has 0 aliphatic carbocycles. The Hall–Kier alpha value is -2.72. The first-order chi connectivity index (χ1) is 10.8. The molecule has 22 heavy (non-hydrogen) atoms. The van der Waals surface area contributed by atoms with E-state index >= 15 is 0 Å². The second kappa shape index (κ2) is 6.83. The van der Waals surface area contributed by atoms with Crippen molar-refractivity contribution >= 4 is 11.6 Å². The van der Waals surface area contributed by atoms with E-state index in [1.165, 1.54) is 12.5 Å². The van der Waals surface area contributed by atoms with Gasteiger partial charge in [0.2, 0.25) is 5.88 Å². The molecule has 2 N–H and O–H groups in total. The van der Waals surface area contributed by atoms with E-state index in [1.54, 1.807) is 18.2 Å². The predicted molar refractivity (Wildman–Crippen MR) is 80.8 cm³/mol. The fraction of sp³-hybridized carbons (Fsp3) is 0.333. The van der Waals surface area contributed by atoms with Crippen molar-refractivity contribution in [2.24, 2.45) is 0 Å². The Morgan fingerprint density at radius 1 is 1.18 bits per heavy atom. The monoisotopic (exact) mass is 296 g/mol. The lowest BCUT2D eigenvalue weighted by atomic mass is 10.1. The van der Waals surface area contributed by atoms with E-state index in [2.05, 4.69) is 25.6 Å². The topological polar surface area (TPSA) is 95.8 Å². The number of nitrogens with one attached hydrogen (secondary N) is 2. The maximum absolute atomic E-state index is 8.76. The van der Waals surface area contributed by atoms with Crippen LogP contribution in [0.1, 0.15) is 18.4 Å². The molecule has 0 bridgehead atoms. The molecule has 0 radical (unpaired) electrons. The second-order valence-electron chi connectivity index (χ2n) is 4.98. The fourth-order valence-corrected chi connectivity index (χ4v) is 2.22. The number of piperidine rings is 1. The normalized spacial score (nSPS) is 15.0. The Balaban J connectivity index is 1.66. The van der Waals surface area contributed by atoms with Crippen LogP contribution < -0.4 is 15.4 Å². The van der Waals surface area contributed by atoms with Gasteiger partial charge in [-0.2, -0.15) is 5.26 Å². The van der Waals surface area contributed by atoms with Crippen LogP contribution in [0.2, 0.25) is 0 Å². The third-order valence-electron chi connectivity index (χ3n) is 3.36. The minimum atomic E-state index is 0.192. The average molecular weight is 296 g/mol. The Labute approximate surface area is 128 Å². The van der Waals surface area contributed by atoms with Gasteiger partial charge >= 0.3 is 0 Å². The lowest BCUT2D eigenvalue weighted by Gasteiger charge is -2.23. The largest absolute Gasteiger partial charge is 0.474 e. The van der Waals surface area contributed by atoms with Crippen LogP contribution in [0.5, 0.6) is 5.88 Å². The molecule has 1 aliphatic heterocycles. The number of rotatable bonds is 4. The fourth-order valence-electron chi connectivity index (χ4n) is 2.22. The van der Waals surface area contributed by atoms with Gasteiger partial charge in [0, 0.05) is 12.3 Å². The zero-order valence-electron chi connectivity index (χ0n) is 12.0. The summed E-state index contributed by atoms with van der Waals surface area (Å²) < 4.78 is 5.88. The summed E-state index contributed by atoms with van der Waals surface area (Å²) in [4.78, 5) is 12.4. The first-order valence-corrected chi connectivity index (χ1v) is 7.16. The summed E-state index contributed by atoms with van der Waals surface area (Å²) in [5, 5.41) is 15.1. The summed E-state index contributed by atoms with van der Waals surface area (Å²) in [6.45, 7) is 1.94. The van der Waals surface area contributed by atoms with E-state index in [0.29, 0.717) is 23.1 Å². The van der Waals surface area contributed by atoms with Crippen molar-refractivity contribution in [3.8, 4) is 11.9 Å². The predicted octanol–water partition coefficient (Wildman–Crippen LogP) is 1.62. The Kier molecular flexibility index (Phi) is 4.41. The van der Waals surface area contributed by atoms with Gasteiger partial charge in [-0.05, 0) is 38.1 Å². The highest BCUT2D eigenvalue weighted by Crippen LogP contribution is 2.18. The van der Waals surface area contributed by atoms with E-state index in [4.69, 9.17) is 10.00 Å². The summed E-state index contributed by atoms with van der Waals surface area (Å²) in [7, 11) is 0. The van der Waals surface area contributed by atoms with Crippen LogP contribution >= 0.6 is 0 Å². The lowest BCUT2D eigenvalue weighted by molar-refractivity contribution is 0.156. The van der Waals surface area contributed by atoms with Crippen molar-refractivity contribution in [1.82, 2.24) is 20.3 Å². The van der Waals surface area contributed by atoms with E-state index in [1.807, 2.05) is 6.07 Å². The number of anilines is 2. The Morgan fingerprint density at radius 3 is 2.77 bits per heavy atom. The molecule has 2 aromatic heterocycles. The van der Waals surface area contributed by atoms with Crippen molar-refractivity contribution in [3.05, 3.63) is 36.3 Å². The molecule has 3 heterocycles. The van der Waals surface area contributed by atoms with Crippen LogP contribution in [0.4, 0.5) is 11.6 Å². The van der Waals surface area contributed by atoms with Crippen molar-refractivity contribution in [2.45, 2.75) is 18.9 Å². The van der Waals surface area contributed by atoms with E-state index in [9.17, 15) is 0 Å². The molecule has 1 fully saturated rings. The Morgan fingerprint density at radius 2 is 2.05 bits per heavy atom. The van der Waals surface area contributed by atoms with Crippen molar-refractivity contribution < 1.29 is 4.74 Å². The molecule has 0 atom stereocenters. The van der Waals surface area contributed by atoms with Gasteiger partial charge in [-0.1, -0.05) is 0 Å². The van der Waals surface area contributed by atoms with Gasteiger partial charge in [-0.15, -0.1) is 0 Å². The number of ether oxygens (including phenoxy) is 1. The summed E-state index contributed by atoms with van der Waals surface area (Å²) in [5.74, 6) is 1.78. The van der Waals surface area contributed by atoms with Crippen molar-refractivity contribution in [3.63, 3.8) is 0 Å². The Bertz CT molecular complexity index is 660. The maximum atomic E-state index is 8.76. The summed E-state index contributed by atoms with van der Waals surface area (Å²) >= 11 is 0. The average Bonchev–Trinajstić information content (AvgIpc) is 2.57. The number of nitriles is 1. The molecule has 7 heteroatoms. The maximum Gasteiger partial charge on any atom is 0.218 e. The molecule has 2 aromatic rings. The van der Waals surface area contributed by atoms with Gasteiger partial charge in [0.1, 0.15) is 30.1 Å². The summed E-state index contributed by atoms with van der Waals surface area (Å²) in [6.07, 6.45) is 5.11. The number of hydrogen-bond donors (Lipinski definition) is 2. The molecule has 0 saturated carbocycles. The zero-order chi connectivity index (χ0) is 15.2. The number of pyridine rings is 1. The molecule has 0 aromatic carbocycles. The quantitative estimate of drug-likeness (QED) is 0.885. The third kappa shape index (κ3) is 3.68. The molecule has 0 spiro atoms. The van der Waals surface area contributed by atoms with Crippen LogP contribution in [0.25, 0.3) is 0 Å². The minimum absolute atomic E-state index is 0.192. The standard InChI is InChI=1S/C15H16N6O/c16-8-11-1-2-13(18-9-11)21-14-7-15(20-10-19-14)22-12-3-5-17-6-4-12/h1-2,7,9-10,12,17H,3-6H2,(H,18,19,20,21). The highest BCUT2D eigenvalue weighted by atomic mass is 16.5. The van der Waals surface area contributed by atoms with Crippen LogP contribution in [0.15, 0.2) is 30.7 Å². The van der Waals surface area contributed by atoms with Crippen LogP contribution in [-0.2, 0) is 0 Å². The highest BCUT2D eigenvalue weighted by molar-refractivity contribution is 5.52. The van der Waals surface area contributed by atoms with E-state index in [0.717, 1.165) is 25.9 Å². The van der Waals surface area contributed by atoms with Gasteiger partial charge in [0.05, 0.1) is 5.56 Å². The third-order valence-corrected chi connectivity index (χ3v) is 3.36. The summed E-state index contributed by atoms with van der Waals surface area (Å²) in [5.41, 5.74) is 0.517. The number of hydrogen-bond acceptors (Lipinski definition) is 7. The van der Waals surface area contributed by atoms with Crippen LogP contribution in [0, 0.1) is 11.3 Å². The number of nitrogens with zero attached hydrogens (tertiary/aromatic N) is 4. The molecule has 1 saturated heterocycles. The lowest BCUT2D eigenvalue weighted by Crippen LogP contribution is -2.34. The van der Waals surface area contributed by atoms with Gasteiger partial charge in [0.15, 0.2) is 0 Å². The van der Waals surface area contributed by atoms with Crippen LogP contribution in [-0.4, -0.2) is 34.1 Å². The molecule has 0 unspecified atom stereocenters. The summed E-state index contributed by atoms with van der Waals surface area (Å²) in [6, 6.07) is 7.21. The number of aromatic nitrogens is 3. The van der Waals surface area contributed by atoms with Crippen molar-refractivity contribution in [1.29, 1.82) is 5.26 Å². The van der Waals surface area contributed by atoms with Crippen molar-refractivity contribution in [2.75, 3.05) is 18.4 Å². The molecule has 7 nitrogen and oxygen atoms in total. The van der Waals surface area contributed by atoms with Gasteiger partial charge < -0.3 is 15.4 Å². The molecular formula is C15H16N6O. The smallest absolute Gasteiger partial charge is 0.218 e. The minimum Gasteiger partial charge on any atom is -0.474 e. The molecule has 112 valence electrons. The molecule has 1 aliphatic rings. The SMILES string of the molecule is N#Cc1ccc(Nc2cc(OC3CCNCC3)ncn2)nc1. The highest BCUT2D eigenvalue weighted by Gasteiger charge is 2.15. The second-order valence-corrected chi connectivity index (χ2v) is 4.98.